The monoisotopic (exact) mass is 155 g/mol. The molecule has 11 heavy (non-hydrogen) atoms. The largest absolute Gasteiger partial charge is 0.314 e. The fraction of sp³-hybridized carbons (Fsp3) is 1.00. The standard InChI is InChI=1S/C10H21N/c1-4-11-10-8(2)6-5-7-9(10)3/h8-11H,4-7H2,1-3H3. The Morgan fingerprint density at radius 3 is 2.18 bits per heavy atom. The molecule has 0 bridgehead atoms. The zero-order chi connectivity index (χ0) is 8.27. The van der Waals surface area contributed by atoms with E-state index >= 15 is 0 Å². The third-order valence-electron chi connectivity index (χ3n) is 2.98. The van der Waals surface area contributed by atoms with Crippen LogP contribution in [0.4, 0.5) is 0 Å². The second-order valence-electron chi connectivity index (χ2n) is 3.97. The molecule has 0 aliphatic heterocycles. The van der Waals surface area contributed by atoms with Gasteiger partial charge in [0, 0.05) is 6.04 Å². The summed E-state index contributed by atoms with van der Waals surface area (Å²) in [6.07, 6.45) is 4.27. The molecule has 1 heteroatoms. The highest BCUT2D eigenvalue weighted by Crippen LogP contribution is 2.28. The number of nitrogens with one attached hydrogen (secondary N) is 1. The van der Waals surface area contributed by atoms with Crippen molar-refractivity contribution in [2.24, 2.45) is 11.8 Å². The Morgan fingerprint density at radius 1 is 1.18 bits per heavy atom. The van der Waals surface area contributed by atoms with Crippen LogP contribution in [0, 0.1) is 11.8 Å². The fourth-order valence-electron chi connectivity index (χ4n) is 2.32. The van der Waals surface area contributed by atoms with Crippen LogP contribution in [0.15, 0.2) is 0 Å². The van der Waals surface area contributed by atoms with Gasteiger partial charge in [-0.25, -0.2) is 0 Å². The molecule has 1 saturated carbocycles. The van der Waals surface area contributed by atoms with Gasteiger partial charge >= 0.3 is 0 Å². The van der Waals surface area contributed by atoms with Crippen LogP contribution in [-0.2, 0) is 0 Å². The van der Waals surface area contributed by atoms with Gasteiger partial charge in [-0.3, -0.25) is 0 Å². The lowest BCUT2D eigenvalue weighted by Crippen LogP contribution is -2.42. The molecule has 1 rings (SSSR count). The summed E-state index contributed by atoms with van der Waals surface area (Å²) in [5, 5.41) is 3.58. The van der Waals surface area contributed by atoms with Crippen molar-refractivity contribution in [3.63, 3.8) is 0 Å². The third kappa shape index (κ3) is 2.19. The van der Waals surface area contributed by atoms with Gasteiger partial charge < -0.3 is 5.32 Å². The Hall–Kier alpha value is -0.0400. The molecular weight excluding hydrogens is 134 g/mol. The van der Waals surface area contributed by atoms with E-state index in [4.69, 9.17) is 0 Å². The summed E-state index contributed by atoms with van der Waals surface area (Å²) >= 11 is 0. The summed E-state index contributed by atoms with van der Waals surface area (Å²) in [5.74, 6) is 1.78. The molecule has 0 aromatic rings. The molecule has 1 N–H and O–H groups in total. The van der Waals surface area contributed by atoms with E-state index in [2.05, 4.69) is 26.1 Å². The Morgan fingerprint density at radius 2 is 1.73 bits per heavy atom. The van der Waals surface area contributed by atoms with Crippen molar-refractivity contribution in [3.05, 3.63) is 0 Å². The molecule has 0 amide bonds. The van der Waals surface area contributed by atoms with Crippen molar-refractivity contribution in [1.82, 2.24) is 5.32 Å². The van der Waals surface area contributed by atoms with E-state index in [1.54, 1.807) is 0 Å². The molecule has 66 valence electrons. The van der Waals surface area contributed by atoms with Gasteiger partial charge in [-0.05, 0) is 31.2 Å². The summed E-state index contributed by atoms with van der Waals surface area (Å²) in [6, 6.07) is 0.786. The molecule has 0 saturated heterocycles. The molecule has 1 fully saturated rings. The van der Waals surface area contributed by atoms with Crippen LogP contribution in [0.3, 0.4) is 0 Å². The van der Waals surface area contributed by atoms with E-state index in [0.717, 1.165) is 24.4 Å². The first-order chi connectivity index (χ1) is 5.25. The van der Waals surface area contributed by atoms with Crippen LogP contribution < -0.4 is 5.32 Å². The molecule has 1 aliphatic rings. The topological polar surface area (TPSA) is 12.0 Å². The van der Waals surface area contributed by atoms with Crippen molar-refractivity contribution < 1.29 is 0 Å². The Balaban J connectivity index is 2.41. The van der Waals surface area contributed by atoms with Crippen molar-refractivity contribution in [2.75, 3.05) is 6.54 Å². The van der Waals surface area contributed by atoms with Gasteiger partial charge in [0.1, 0.15) is 0 Å². The number of hydrogen-bond acceptors (Lipinski definition) is 1. The first kappa shape index (κ1) is 9.05. The molecule has 0 aromatic heterocycles. The van der Waals surface area contributed by atoms with Crippen LogP contribution in [0.25, 0.3) is 0 Å². The molecule has 2 unspecified atom stereocenters. The molecule has 0 heterocycles. The van der Waals surface area contributed by atoms with Crippen LogP contribution in [0.2, 0.25) is 0 Å². The van der Waals surface area contributed by atoms with Crippen molar-refractivity contribution in [2.45, 2.75) is 46.1 Å². The number of hydrogen-bond donors (Lipinski definition) is 1. The summed E-state index contributed by atoms with van der Waals surface area (Å²) in [4.78, 5) is 0. The van der Waals surface area contributed by atoms with Crippen molar-refractivity contribution >= 4 is 0 Å². The van der Waals surface area contributed by atoms with E-state index in [0.29, 0.717) is 0 Å². The van der Waals surface area contributed by atoms with E-state index in [-0.39, 0.29) is 0 Å². The average molecular weight is 155 g/mol. The number of rotatable bonds is 2. The second-order valence-corrected chi connectivity index (χ2v) is 3.97. The Kier molecular flexibility index (Phi) is 3.38. The van der Waals surface area contributed by atoms with Crippen LogP contribution in [-0.4, -0.2) is 12.6 Å². The average Bonchev–Trinajstić information content (AvgIpc) is 1.97. The summed E-state index contributed by atoms with van der Waals surface area (Å²) in [6.45, 7) is 8.08. The molecular formula is C10H21N. The predicted octanol–water partition coefficient (Wildman–Crippen LogP) is 2.42. The Bertz CT molecular complexity index is 101. The van der Waals surface area contributed by atoms with Gasteiger partial charge in [-0.15, -0.1) is 0 Å². The van der Waals surface area contributed by atoms with Gasteiger partial charge in [-0.1, -0.05) is 27.2 Å². The maximum absolute atomic E-state index is 3.58. The highest BCUT2D eigenvalue weighted by Gasteiger charge is 2.26. The molecule has 0 radical (unpaired) electrons. The minimum absolute atomic E-state index is 0.786. The van der Waals surface area contributed by atoms with Gasteiger partial charge in [0.15, 0.2) is 0 Å². The third-order valence-corrected chi connectivity index (χ3v) is 2.98. The molecule has 0 aromatic carbocycles. The lowest BCUT2D eigenvalue weighted by Gasteiger charge is -2.35. The fourth-order valence-corrected chi connectivity index (χ4v) is 2.32. The summed E-state index contributed by atoms with van der Waals surface area (Å²) in [7, 11) is 0. The quantitative estimate of drug-likeness (QED) is 0.645. The van der Waals surface area contributed by atoms with Gasteiger partial charge in [0.2, 0.25) is 0 Å². The smallest absolute Gasteiger partial charge is 0.0118 e. The van der Waals surface area contributed by atoms with Crippen LogP contribution in [0.1, 0.15) is 40.0 Å². The lowest BCUT2D eigenvalue weighted by atomic mass is 9.79. The summed E-state index contributed by atoms with van der Waals surface area (Å²) in [5.41, 5.74) is 0. The first-order valence-corrected chi connectivity index (χ1v) is 4.99. The second kappa shape index (κ2) is 4.10. The van der Waals surface area contributed by atoms with E-state index in [1.165, 1.54) is 19.3 Å². The van der Waals surface area contributed by atoms with Crippen LogP contribution >= 0.6 is 0 Å². The van der Waals surface area contributed by atoms with E-state index < -0.39 is 0 Å². The summed E-state index contributed by atoms with van der Waals surface area (Å²) < 4.78 is 0. The minimum atomic E-state index is 0.786. The highest BCUT2D eigenvalue weighted by atomic mass is 14.9. The van der Waals surface area contributed by atoms with Crippen LogP contribution in [0.5, 0.6) is 0 Å². The normalized spacial score (nSPS) is 39.0. The Labute approximate surface area is 70.6 Å². The van der Waals surface area contributed by atoms with Crippen molar-refractivity contribution in [1.29, 1.82) is 0 Å². The molecule has 2 atom stereocenters. The predicted molar refractivity (Wildman–Crippen MR) is 49.6 cm³/mol. The maximum atomic E-state index is 3.58. The van der Waals surface area contributed by atoms with Gasteiger partial charge in [0.25, 0.3) is 0 Å². The molecule has 0 spiro atoms. The highest BCUT2D eigenvalue weighted by molar-refractivity contribution is 4.82. The molecule has 1 nitrogen and oxygen atoms in total. The maximum Gasteiger partial charge on any atom is 0.0118 e. The van der Waals surface area contributed by atoms with Gasteiger partial charge in [0.05, 0.1) is 0 Å². The van der Waals surface area contributed by atoms with Crippen molar-refractivity contribution in [3.8, 4) is 0 Å². The zero-order valence-corrected chi connectivity index (χ0v) is 8.06. The first-order valence-electron chi connectivity index (χ1n) is 4.99. The SMILES string of the molecule is CCNC1C(C)CCCC1C. The zero-order valence-electron chi connectivity index (χ0n) is 8.06. The van der Waals surface area contributed by atoms with Gasteiger partial charge in [-0.2, -0.15) is 0 Å². The molecule has 1 aliphatic carbocycles. The van der Waals surface area contributed by atoms with E-state index in [1.807, 2.05) is 0 Å². The minimum Gasteiger partial charge on any atom is -0.314 e. The van der Waals surface area contributed by atoms with E-state index in [9.17, 15) is 0 Å². The lowest BCUT2D eigenvalue weighted by molar-refractivity contribution is 0.212.